The maximum absolute atomic E-state index is 10.9. The molecule has 0 aliphatic heterocycles. The Morgan fingerprint density at radius 2 is 1.79 bits per heavy atom. The average Bonchev–Trinajstić information content (AvgIpc) is 2.15. The molecule has 14 heavy (non-hydrogen) atoms. The highest BCUT2D eigenvalue weighted by molar-refractivity contribution is 5.88. The van der Waals surface area contributed by atoms with Crippen molar-refractivity contribution in [3.63, 3.8) is 0 Å². The Morgan fingerprint density at radius 1 is 1.21 bits per heavy atom. The first-order valence-corrected chi connectivity index (χ1v) is 4.61. The van der Waals surface area contributed by atoms with Gasteiger partial charge in [0.2, 0.25) is 5.91 Å². The summed E-state index contributed by atoms with van der Waals surface area (Å²) in [5, 5.41) is 0. The fourth-order valence-electron chi connectivity index (χ4n) is 1.38. The Hall–Kier alpha value is -1.57. The summed E-state index contributed by atoms with van der Waals surface area (Å²) in [6.07, 6.45) is 0.312. The van der Waals surface area contributed by atoms with Crippen LogP contribution in [-0.4, -0.2) is 5.91 Å². The second kappa shape index (κ2) is 4.61. The fourth-order valence-corrected chi connectivity index (χ4v) is 1.38. The Morgan fingerprint density at radius 3 is 2.21 bits per heavy atom. The van der Waals surface area contributed by atoms with E-state index in [1.54, 1.807) is 0 Å². The number of hydrogen-bond donors (Lipinski definition) is 1. The minimum absolute atomic E-state index is 0.287. The Balaban J connectivity index is 3.03. The highest BCUT2D eigenvalue weighted by Crippen LogP contribution is 2.21. The quantitative estimate of drug-likeness (QED) is 0.779. The number of hydrogen-bond acceptors (Lipinski definition) is 1. The second-order valence-electron chi connectivity index (χ2n) is 3.49. The number of primary amides is 1. The smallest absolute Gasteiger partial charge is 0.221 e. The van der Waals surface area contributed by atoms with Crippen molar-refractivity contribution in [1.82, 2.24) is 0 Å². The normalized spacial score (nSPS) is 9.57. The summed E-state index contributed by atoms with van der Waals surface area (Å²) in [6.45, 7) is 3.98. The highest BCUT2D eigenvalue weighted by Gasteiger charge is 2.06. The minimum atomic E-state index is -0.287. The number of carbonyl (C=O) groups excluding carboxylic acids is 1. The zero-order valence-electron chi connectivity index (χ0n) is 8.58. The van der Waals surface area contributed by atoms with Gasteiger partial charge in [0.25, 0.3) is 0 Å². The molecule has 1 rings (SSSR count). The lowest BCUT2D eigenvalue weighted by Gasteiger charge is -2.07. The van der Waals surface area contributed by atoms with E-state index in [9.17, 15) is 4.79 Å². The van der Waals surface area contributed by atoms with Crippen LogP contribution in [0.3, 0.4) is 0 Å². The number of allylic oxidation sites excluding steroid dienone is 1. The first-order valence-electron chi connectivity index (χ1n) is 4.61. The van der Waals surface area contributed by atoms with Gasteiger partial charge in [-0.05, 0) is 25.0 Å². The van der Waals surface area contributed by atoms with Crippen LogP contribution in [0.5, 0.6) is 0 Å². The van der Waals surface area contributed by atoms with Gasteiger partial charge in [-0.3, -0.25) is 4.79 Å². The third-order valence-corrected chi connectivity index (χ3v) is 2.08. The predicted molar refractivity (Wildman–Crippen MR) is 58.5 cm³/mol. The number of rotatable bonds is 3. The third-order valence-electron chi connectivity index (χ3n) is 2.08. The van der Waals surface area contributed by atoms with Crippen molar-refractivity contribution >= 4 is 11.5 Å². The van der Waals surface area contributed by atoms with Gasteiger partial charge < -0.3 is 5.73 Å². The van der Waals surface area contributed by atoms with Gasteiger partial charge in [-0.15, -0.1) is 0 Å². The molecule has 0 aliphatic carbocycles. The van der Waals surface area contributed by atoms with Crippen molar-refractivity contribution < 1.29 is 4.79 Å². The van der Waals surface area contributed by atoms with Gasteiger partial charge in [-0.2, -0.15) is 0 Å². The largest absolute Gasteiger partial charge is 0.369 e. The number of amides is 1. The number of benzene rings is 1. The Bertz CT molecular complexity index is 348. The first kappa shape index (κ1) is 10.5. The van der Waals surface area contributed by atoms with E-state index < -0.39 is 0 Å². The molecule has 0 atom stereocenters. The van der Waals surface area contributed by atoms with Crippen molar-refractivity contribution in [2.24, 2.45) is 5.73 Å². The van der Waals surface area contributed by atoms with Crippen LogP contribution in [0.1, 0.15) is 25.8 Å². The van der Waals surface area contributed by atoms with E-state index in [0.29, 0.717) is 6.42 Å². The van der Waals surface area contributed by atoms with E-state index in [1.165, 1.54) is 0 Å². The lowest BCUT2D eigenvalue weighted by Crippen LogP contribution is -2.11. The summed E-state index contributed by atoms with van der Waals surface area (Å²) < 4.78 is 0. The zero-order valence-corrected chi connectivity index (χ0v) is 8.58. The maximum atomic E-state index is 10.9. The van der Waals surface area contributed by atoms with Gasteiger partial charge in [0.1, 0.15) is 0 Å². The van der Waals surface area contributed by atoms with E-state index >= 15 is 0 Å². The average molecular weight is 189 g/mol. The second-order valence-corrected chi connectivity index (χ2v) is 3.49. The SMILES string of the molecule is CC(C)=C(CC(N)=O)c1ccccc1. The molecule has 0 bridgehead atoms. The zero-order chi connectivity index (χ0) is 10.6. The van der Waals surface area contributed by atoms with E-state index in [-0.39, 0.29) is 5.91 Å². The van der Waals surface area contributed by atoms with Crippen LogP contribution in [0.4, 0.5) is 0 Å². The third kappa shape index (κ3) is 2.73. The topological polar surface area (TPSA) is 43.1 Å². The highest BCUT2D eigenvalue weighted by atomic mass is 16.1. The molecule has 0 spiro atoms. The predicted octanol–water partition coefficient (Wildman–Crippen LogP) is 2.36. The van der Waals surface area contributed by atoms with Crippen LogP contribution in [0.2, 0.25) is 0 Å². The number of carbonyl (C=O) groups is 1. The summed E-state index contributed by atoms with van der Waals surface area (Å²) in [7, 11) is 0. The lowest BCUT2D eigenvalue weighted by molar-refractivity contribution is -0.117. The summed E-state index contributed by atoms with van der Waals surface area (Å²) in [6, 6.07) is 9.85. The molecular weight excluding hydrogens is 174 g/mol. The van der Waals surface area contributed by atoms with Crippen molar-refractivity contribution in [2.75, 3.05) is 0 Å². The molecule has 0 saturated heterocycles. The summed E-state index contributed by atoms with van der Waals surface area (Å²) in [4.78, 5) is 10.9. The van der Waals surface area contributed by atoms with Gasteiger partial charge >= 0.3 is 0 Å². The molecule has 2 heteroatoms. The summed E-state index contributed by atoms with van der Waals surface area (Å²) in [5.41, 5.74) is 8.43. The molecule has 0 heterocycles. The first-order chi connectivity index (χ1) is 6.61. The lowest BCUT2D eigenvalue weighted by atomic mass is 9.98. The van der Waals surface area contributed by atoms with Crippen LogP contribution >= 0.6 is 0 Å². The van der Waals surface area contributed by atoms with Crippen LogP contribution in [0.25, 0.3) is 5.57 Å². The molecule has 0 unspecified atom stereocenters. The molecule has 1 aromatic rings. The Kier molecular flexibility index (Phi) is 3.46. The van der Waals surface area contributed by atoms with Crippen molar-refractivity contribution in [3.8, 4) is 0 Å². The van der Waals surface area contributed by atoms with Crippen molar-refractivity contribution in [2.45, 2.75) is 20.3 Å². The van der Waals surface area contributed by atoms with Crippen LogP contribution in [0, 0.1) is 0 Å². The monoisotopic (exact) mass is 189 g/mol. The summed E-state index contributed by atoms with van der Waals surface area (Å²) in [5.74, 6) is -0.287. The fraction of sp³-hybridized carbons (Fsp3) is 0.250. The minimum Gasteiger partial charge on any atom is -0.369 e. The molecule has 0 saturated carbocycles. The standard InChI is InChI=1S/C12H15NO/c1-9(2)11(8-12(13)14)10-6-4-3-5-7-10/h3-7H,8H2,1-2H3,(H2,13,14). The summed E-state index contributed by atoms with van der Waals surface area (Å²) >= 11 is 0. The molecule has 74 valence electrons. The molecule has 0 aliphatic rings. The molecule has 0 fully saturated rings. The molecule has 0 aromatic heterocycles. The molecular formula is C12H15NO. The molecule has 2 N–H and O–H groups in total. The number of nitrogens with two attached hydrogens (primary N) is 1. The maximum Gasteiger partial charge on any atom is 0.221 e. The van der Waals surface area contributed by atoms with E-state index in [1.807, 2.05) is 44.2 Å². The van der Waals surface area contributed by atoms with Gasteiger partial charge in [-0.25, -0.2) is 0 Å². The van der Waals surface area contributed by atoms with Crippen LogP contribution in [-0.2, 0) is 4.79 Å². The molecule has 2 nitrogen and oxygen atoms in total. The van der Waals surface area contributed by atoms with E-state index in [0.717, 1.165) is 16.7 Å². The van der Waals surface area contributed by atoms with Crippen LogP contribution < -0.4 is 5.73 Å². The van der Waals surface area contributed by atoms with E-state index in [4.69, 9.17) is 5.73 Å². The van der Waals surface area contributed by atoms with E-state index in [2.05, 4.69) is 0 Å². The van der Waals surface area contributed by atoms with Crippen LogP contribution in [0.15, 0.2) is 35.9 Å². The molecule has 1 amide bonds. The van der Waals surface area contributed by atoms with Crippen molar-refractivity contribution in [3.05, 3.63) is 41.5 Å². The molecule has 1 aromatic carbocycles. The van der Waals surface area contributed by atoms with Crippen molar-refractivity contribution in [1.29, 1.82) is 0 Å². The van der Waals surface area contributed by atoms with Gasteiger partial charge in [0.05, 0.1) is 6.42 Å². The van der Waals surface area contributed by atoms with Gasteiger partial charge in [-0.1, -0.05) is 35.9 Å². The Labute approximate surface area is 84.4 Å². The molecule has 0 radical (unpaired) electrons. The van der Waals surface area contributed by atoms with Gasteiger partial charge in [0, 0.05) is 0 Å². The van der Waals surface area contributed by atoms with Gasteiger partial charge in [0.15, 0.2) is 0 Å².